The van der Waals surface area contributed by atoms with Crippen molar-refractivity contribution >= 4 is 61.0 Å². The molecule has 0 saturated carbocycles. The maximum atomic E-state index is 12.2. The van der Waals surface area contributed by atoms with Crippen LogP contribution in [0.3, 0.4) is 0 Å². The molecule has 0 aliphatic rings. The molecule has 0 atom stereocenters. The molecule has 2 rings (SSSR count). The molecule has 0 unspecified atom stereocenters. The van der Waals surface area contributed by atoms with E-state index in [4.69, 9.17) is 16.7 Å². The van der Waals surface area contributed by atoms with E-state index in [1.807, 2.05) is 0 Å². The first kappa shape index (κ1) is 16.0. The van der Waals surface area contributed by atoms with Gasteiger partial charge >= 0.3 is 5.97 Å². The summed E-state index contributed by atoms with van der Waals surface area (Å²) >= 11 is 12.5. The highest BCUT2D eigenvalue weighted by Gasteiger charge is 2.16. The third-order valence-electron chi connectivity index (χ3n) is 2.61. The molecule has 2 aromatic rings. The molecular formula is C14H8Br2ClNO3. The van der Waals surface area contributed by atoms with Crippen LogP contribution in [0.4, 0.5) is 5.69 Å². The van der Waals surface area contributed by atoms with Crippen LogP contribution in [0.5, 0.6) is 0 Å². The predicted octanol–water partition coefficient (Wildman–Crippen LogP) is 4.82. The zero-order chi connectivity index (χ0) is 15.6. The van der Waals surface area contributed by atoms with Crippen molar-refractivity contribution in [3.8, 4) is 0 Å². The van der Waals surface area contributed by atoms with E-state index in [2.05, 4.69) is 37.2 Å². The van der Waals surface area contributed by atoms with Gasteiger partial charge in [0.2, 0.25) is 0 Å². The first-order chi connectivity index (χ1) is 9.88. The third-order valence-corrected chi connectivity index (χ3v) is 3.84. The fourth-order valence-corrected chi connectivity index (χ4v) is 3.22. The Kier molecular flexibility index (Phi) is 5.03. The van der Waals surface area contributed by atoms with Crippen LogP contribution >= 0.6 is 43.5 Å². The summed E-state index contributed by atoms with van der Waals surface area (Å²) in [5.41, 5.74) is 0.380. The van der Waals surface area contributed by atoms with E-state index in [9.17, 15) is 9.59 Å². The van der Waals surface area contributed by atoms with Gasteiger partial charge in [0.05, 0.1) is 16.3 Å². The van der Waals surface area contributed by atoms with E-state index in [1.54, 1.807) is 18.2 Å². The van der Waals surface area contributed by atoms with Gasteiger partial charge in [-0.25, -0.2) is 4.79 Å². The highest BCUT2D eigenvalue weighted by Crippen LogP contribution is 2.27. The number of amides is 1. The van der Waals surface area contributed by atoms with Crippen molar-refractivity contribution in [1.29, 1.82) is 0 Å². The second-order valence-electron chi connectivity index (χ2n) is 4.08. The molecule has 0 heterocycles. The number of aromatic carboxylic acids is 1. The highest BCUT2D eigenvalue weighted by atomic mass is 79.9. The summed E-state index contributed by atoms with van der Waals surface area (Å²) in [5, 5.41) is 11.8. The Hall–Kier alpha value is -1.37. The van der Waals surface area contributed by atoms with E-state index in [0.29, 0.717) is 5.56 Å². The number of carboxylic acids is 1. The van der Waals surface area contributed by atoms with Gasteiger partial charge in [-0.05, 0) is 30.3 Å². The summed E-state index contributed by atoms with van der Waals surface area (Å²) < 4.78 is 1.44. The van der Waals surface area contributed by atoms with Crippen LogP contribution in [0.1, 0.15) is 20.7 Å². The Morgan fingerprint density at radius 3 is 2.29 bits per heavy atom. The molecule has 7 heteroatoms. The zero-order valence-electron chi connectivity index (χ0n) is 10.4. The second-order valence-corrected chi connectivity index (χ2v) is 6.32. The monoisotopic (exact) mass is 431 g/mol. The largest absolute Gasteiger partial charge is 0.478 e. The number of carbonyl (C=O) groups excluding carboxylic acids is 1. The van der Waals surface area contributed by atoms with Gasteiger partial charge in [-0.1, -0.05) is 49.5 Å². The Bertz CT molecular complexity index is 714. The minimum atomic E-state index is -1.16. The van der Waals surface area contributed by atoms with Gasteiger partial charge < -0.3 is 10.4 Å². The quantitative estimate of drug-likeness (QED) is 0.730. The van der Waals surface area contributed by atoms with Crippen molar-refractivity contribution in [2.75, 3.05) is 5.32 Å². The lowest BCUT2D eigenvalue weighted by molar-refractivity contribution is 0.0698. The molecule has 0 aliphatic carbocycles. The first-order valence-electron chi connectivity index (χ1n) is 5.67. The molecule has 0 aliphatic heterocycles. The maximum Gasteiger partial charge on any atom is 0.337 e. The molecule has 0 saturated heterocycles. The minimum absolute atomic E-state index is 0.0649. The van der Waals surface area contributed by atoms with E-state index in [1.165, 1.54) is 18.2 Å². The number of nitrogens with one attached hydrogen (secondary N) is 1. The molecular weight excluding hydrogens is 425 g/mol. The number of carbonyl (C=O) groups is 2. The van der Waals surface area contributed by atoms with Crippen LogP contribution in [0.2, 0.25) is 5.02 Å². The topological polar surface area (TPSA) is 66.4 Å². The van der Waals surface area contributed by atoms with Gasteiger partial charge in [0.1, 0.15) is 0 Å². The van der Waals surface area contributed by atoms with Crippen LogP contribution < -0.4 is 5.32 Å². The zero-order valence-corrected chi connectivity index (χ0v) is 14.3. The number of anilines is 1. The van der Waals surface area contributed by atoms with Crippen molar-refractivity contribution in [2.24, 2.45) is 0 Å². The van der Waals surface area contributed by atoms with E-state index in [0.717, 1.165) is 8.95 Å². The summed E-state index contributed by atoms with van der Waals surface area (Å²) in [5.74, 6) is -1.61. The van der Waals surface area contributed by atoms with Crippen LogP contribution in [0.25, 0.3) is 0 Å². The fraction of sp³-hybridized carbons (Fsp3) is 0. The number of carboxylic acid groups (broad SMARTS) is 1. The van der Waals surface area contributed by atoms with Crippen molar-refractivity contribution in [1.82, 2.24) is 0 Å². The molecule has 0 bridgehead atoms. The van der Waals surface area contributed by atoms with Gasteiger partial charge in [0.15, 0.2) is 0 Å². The SMILES string of the molecule is O=C(Nc1c(Cl)cccc1C(=O)O)c1cc(Br)cc(Br)c1. The van der Waals surface area contributed by atoms with E-state index in [-0.39, 0.29) is 16.3 Å². The normalized spacial score (nSPS) is 10.2. The molecule has 0 aromatic heterocycles. The number of hydrogen-bond donors (Lipinski definition) is 2. The lowest BCUT2D eigenvalue weighted by Gasteiger charge is -2.11. The lowest BCUT2D eigenvalue weighted by Crippen LogP contribution is -2.15. The van der Waals surface area contributed by atoms with Crippen molar-refractivity contribution in [3.63, 3.8) is 0 Å². The van der Waals surface area contributed by atoms with Gasteiger partial charge in [-0.15, -0.1) is 0 Å². The molecule has 4 nitrogen and oxygen atoms in total. The molecule has 0 fully saturated rings. The molecule has 0 spiro atoms. The number of hydrogen-bond acceptors (Lipinski definition) is 2. The second kappa shape index (κ2) is 6.60. The molecule has 21 heavy (non-hydrogen) atoms. The van der Waals surface area contributed by atoms with Gasteiger partial charge in [-0.3, -0.25) is 4.79 Å². The first-order valence-corrected chi connectivity index (χ1v) is 7.64. The molecule has 0 radical (unpaired) electrons. The molecule has 1 amide bonds. The highest BCUT2D eigenvalue weighted by molar-refractivity contribution is 9.11. The van der Waals surface area contributed by atoms with Gasteiger partial charge in [0, 0.05) is 14.5 Å². The summed E-state index contributed by atoms with van der Waals surface area (Å²) in [6.45, 7) is 0. The third kappa shape index (κ3) is 3.84. The van der Waals surface area contributed by atoms with Crippen molar-refractivity contribution < 1.29 is 14.7 Å². The van der Waals surface area contributed by atoms with Crippen molar-refractivity contribution in [3.05, 3.63) is 61.5 Å². The van der Waals surface area contributed by atoms with Crippen LogP contribution in [0.15, 0.2) is 45.3 Å². The average Bonchev–Trinajstić information content (AvgIpc) is 2.39. The molecule has 2 N–H and O–H groups in total. The summed E-state index contributed by atoms with van der Waals surface area (Å²) in [6.07, 6.45) is 0. The number of halogens is 3. The smallest absolute Gasteiger partial charge is 0.337 e. The molecule has 108 valence electrons. The molecule has 2 aromatic carbocycles. The van der Waals surface area contributed by atoms with E-state index < -0.39 is 11.9 Å². The average molecular weight is 433 g/mol. The Morgan fingerprint density at radius 1 is 1.10 bits per heavy atom. The summed E-state index contributed by atoms with van der Waals surface area (Å²) in [7, 11) is 0. The minimum Gasteiger partial charge on any atom is -0.478 e. The Balaban J connectivity index is 2.38. The Morgan fingerprint density at radius 2 is 1.71 bits per heavy atom. The number of rotatable bonds is 3. The number of para-hydroxylation sites is 1. The summed E-state index contributed by atoms with van der Waals surface area (Å²) in [4.78, 5) is 23.4. The Labute approximate surface area is 142 Å². The summed E-state index contributed by atoms with van der Waals surface area (Å²) in [6, 6.07) is 9.43. The lowest BCUT2D eigenvalue weighted by atomic mass is 10.1. The fourth-order valence-electron chi connectivity index (χ4n) is 1.70. The van der Waals surface area contributed by atoms with Crippen LogP contribution in [-0.2, 0) is 0 Å². The van der Waals surface area contributed by atoms with E-state index >= 15 is 0 Å². The van der Waals surface area contributed by atoms with Crippen LogP contribution in [0, 0.1) is 0 Å². The van der Waals surface area contributed by atoms with Gasteiger partial charge in [0.25, 0.3) is 5.91 Å². The van der Waals surface area contributed by atoms with Gasteiger partial charge in [-0.2, -0.15) is 0 Å². The standard InChI is InChI=1S/C14H8Br2ClNO3/c15-8-4-7(5-9(16)6-8)13(19)18-12-10(14(20)21)2-1-3-11(12)17/h1-6H,(H,18,19)(H,20,21). The van der Waals surface area contributed by atoms with Crippen molar-refractivity contribution in [2.45, 2.75) is 0 Å². The number of benzene rings is 2. The van der Waals surface area contributed by atoms with Crippen LogP contribution in [-0.4, -0.2) is 17.0 Å². The predicted molar refractivity (Wildman–Crippen MR) is 88.2 cm³/mol. The maximum absolute atomic E-state index is 12.2.